The van der Waals surface area contributed by atoms with E-state index in [4.69, 9.17) is 0 Å². The number of rotatable bonds is 2. The van der Waals surface area contributed by atoms with Gasteiger partial charge in [-0.25, -0.2) is 13.2 Å². The Morgan fingerprint density at radius 1 is 0.895 bits per heavy atom. The van der Waals surface area contributed by atoms with Gasteiger partial charge in [0, 0.05) is 5.56 Å². The fraction of sp³-hybridized carbons (Fsp3) is 0.200. The summed E-state index contributed by atoms with van der Waals surface area (Å²) in [5, 5.41) is 10.1. The van der Waals surface area contributed by atoms with Crippen molar-refractivity contribution in [3.8, 4) is 0 Å². The molecule has 2 aromatic rings. The van der Waals surface area contributed by atoms with E-state index in [1.165, 1.54) is 0 Å². The van der Waals surface area contributed by atoms with E-state index in [2.05, 4.69) is 0 Å². The Morgan fingerprint density at radius 3 is 2.21 bits per heavy atom. The summed E-state index contributed by atoms with van der Waals surface area (Å²) in [4.78, 5) is 0. The minimum Gasteiger partial charge on any atom is -0.384 e. The van der Waals surface area contributed by atoms with Gasteiger partial charge >= 0.3 is 0 Å². The van der Waals surface area contributed by atoms with E-state index in [1.54, 1.807) is 18.2 Å². The molecule has 4 heteroatoms. The third kappa shape index (κ3) is 2.49. The number of aryl methyl sites for hydroxylation is 2. The molecule has 1 N–H and O–H groups in total. The minimum atomic E-state index is -1.57. The Balaban J connectivity index is 2.47. The molecule has 19 heavy (non-hydrogen) atoms. The molecule has 0 saturated heterocycles. The van der Waals surface area contributed by atoms with Gasteiger partial charge in [-0.1, -0.05) is 24.3 Å². The number of hydrogen-bond donors (Lipinski definition) is 1. The molecule has 0 aromatic heterocycles. The van der Waals surface area contributed by atoms with E-state index in [-0.39, 0.29) is 5.56 Å². The molecular formula is C15H13F3O. The van der Waals surface area contributed by atoms with Crippen LogP contribution in [0.5, 0.6) is 0 Å². The van der Waals surface area contributed by atoms with Crippen molar-refractivity contribution < 1.29 is 18.3 Å². The van der Waals surface area contributed by atoms with Crippen LogP contribution < -0.4 is 0 Å². The maximum Gasteiger partial charge on any atom is 0.194 e. The molecule has 0 aliphatic rings. The molecule has 1 atom stereocenters. The first-order chi connectivity index (χ1) is 8.91. The molecule has 2 rings (SSSR count). The van der Waals surface area contributed by atoms with Crippen molar-refractivity contribution >= 4 is 0 Å². The predicted molar refractivity (Wildman–Crippen MR) is 66.3 cm³/mol. The smallest absolute Gasteiger partial charge is 0.194 e. The van der Waals surface area contributed by atoms with Crippen LogP contribution in [0.4, 0.5) is 13.2 Å². The SMILES string of the molecule is Cc1ccc(C(O)c2ccc(F)c(F)c2F)cc1C. The lowest BCUT2D eigenvalue weighted by molar-refractivity contribution is 0.212. The second-order valence-corrected chi connectivity index (χ2v) is 4.51. The van der Waals surface area contributed by atoms with Crippen LogP contribution in [0.15, 0.2) is 30.3 Å². The van der Waals surface area contributed by atoms with Gasteiger partial charge in [-0.15, -0.1) is 0 Å². The van der Waals surface area contributed by atoms with Crippen LogP contribution in [-0.2, 0) is 0 Å². The number of halogens is 3. The van der Waals surface area contributed by atoms with Crippen LogP contribution >= 0.6 is 0 Å². The predicted octanol–water partition coefficient (Wildman–Crippen LogP) is 3.80. The van der Waals surface area contributed by atoms with E-state index in [1.807, 2.05) is 13.8 Å². The highest BCUT2D eigenvalue weighted by Crippen LogP contribution is 2.27. The van der Waals surface area contributed by atoms with Crippen LogP contribution in [0.2, 0.25) is 0 Å². The normalized spacial score (nSPS) is 12.5. The Morgan fingerprint density at radius 2 is 1.58 bits per heavy atom. The number of hydrogen-bond acceptors (Lipinski definition) is 1. The molecular weight excluding hydrogens is 253 g/mol. The zero-order valence-corrected chi connectivity index (χ0v) is 10.5. The number of aliphatic hydroxyl groups is 1. The topological polar surface area (TPSA) is 20.2 Å². The Kier molecular flexibility index (Phi) is 3.62. The molecule has 0 spiro atoms. The monoisotopic (exact) mass is 266 g/mol. The van der Waals surface area contributed by atoms with Crippen molar-refractivity contribution in [2.45, 2.75) is 20.0 Å². The van der Waals surface area contributed by atoms with Crippen molar-refractivity contribution in [3.63, 3.8) is 0 Å². The van der Waals surface area contributed by atoms with Gasteiger partial charge in [-0.05, 0) is 36.6 Å². The summed E-state index contributed by atoms with van der Waals surface area (Å²) in [6, 6.07) is 6.96. The highest BCUT2D eigenvalue weighted by Gasteiger charge is 2.20. The average molecular weight is 266 g/mol. The molecule has 2 aromatic carbocycles. The zero-order chi connectivity index (χ0) is 14.2. The maximum absolute atomic E-state index is 13.6. The maximum atomic E-state index is 13.6. The van der Waals surface area contributed by atoms with Crippen molar-refractivity contribution in [2.75, 3.05) is 0 Å². The first-order valence-corrected chi connectivity index (χ1v) is 5.80. The zero-order valence-electron chi connectivity index (χ0n) is 10.5. The third-order valence-corrected chi connectivity index (χ3v) is 3.21. The van der Waals surface area contributed by atoms with E-state index < -0.39 is 23.6 Å². The molecule has 0 aliphatic heterocycles. The summed E-state index contributed by atoms with van der Waals surface area (Å²) >= 11 is 0. The van der Waals surface area contributed by atoms with Gasteiger partial charge in [-0.2, -0.15) is 0 Å². The van der Waals surface area contributed by atoms with Crippen LogP contribution in [-0.4, -0.2) is 5.11 Å². The summed E-state index contributed by atoms with van der Waals surface area (Å²) in [5.74, 6) is -4.19. The quantitative estimate of drug-likeness (QED) is 0.820. The van der Waals surface area contributed by atoms with Crippen LogP contribution in [0, 0.1) is 31.3 Å². The lowest BCUT2D eigenvalue weighted by Crippen LogP contribution is -2.06. The van der Waals surface area contributed by atoms with Crippen LogP contribution in [0.25, 0.3) is 0 Å². The van der Waals surface area contributed by atoms with Gasteiger partial charge in [0.05, 0.1) is 0 Å². The third-order valence-electron chi connectivity index (χ3n) is 3.21. The summed E-state index contributed by atoms with van der Waals surface area (Å²) in [6.45, 7) is 3.76. The van der Waals surface area contributed by atoms with Crippen molar-refractivity contribution in [1.82, 2.24) is 0 Å². The lowest BCUT2D eigenvalue weighted by atomic mass is 9.97. The highest BCUT2D eigenvalue weighted by atomic mass is 19.2. The average Bonchev–Trinajstić information content (AvgIpc) is 2.39. The van der Waals surface area contributed by atoms with Gasteiger partial charge in [0.15, 0.2) is 17.5 Å². The standard InChI is InChI=1S/C15H13F3O/c1-8-3-4-10(7-9(8)2)15(19)11-5-6-12(16)14(18)13(11)17/h3-7,15,19H,1-2H3. The van der Waals surface area contributed by atoms with Crippen molar-refractivity contribution in [2.24, 2.45) is 0 Å². The molecule has 0 heterocycles. The molecule has 1 unspecified atom stereocenters. The fourth-order valence-electron chi connectivity index (χ4n) is 1.87. The first-order valence-electron chi connectivity index (χ1n) is 5.80. The van der Waals surface area contributed by atoms with Crippen LogP contribution in [0.1, 0.15) is 28.4 Å². The Bertz CT molecular complexity index is 623. The largest absolute Gasteiger partial charge is 0.384 e. The summed E-state index contributed by atoms with van der Waals surface area (Å²) in [7, 11) is 0. The van der Waals surface area contributed by atoms with Crippen LogP contribution in [0.3, 0.4) is 0 Å². The van der Waals surface area contributed by atoms with Gasteiger partial charge in [-0.3, -0.25) is 0 Å². The Hall–Kier alpha value is -1.81. The van der Waals surface area contributed by atoms with Gasteiger partial charge in [0.2, 0.25) is 0 Å². The second-order valence-electron chi connectivity index (χ2n) is 4.51. The fourth-order valence-corrected chi connectivity index (χ4v) is 1.87. The van der Waals surface area contributed by atoms with Crippen molar-refractivity contribution in [1.29, 1.82) is 0 Å². The number of aliphatic hydroxyl groups excluding tert-OH is 1. The number of benzene rings is 2. The highest BCUT2D eigenvalue weighted by molar-refractivity contribution is 5.36. The van der Waals surface area contributed by atoms with E-state index in [0.717, 1.165) is 23.3 Å². The molecule has 0 fully saturated rings. The molecule has 0 aliphatic carbocycles. The molecule has 0 amide bonds. The summed E-state index contributed by atoms with van der Waals surface area (Å²) < 4.78 is 39.6. The molecule has 0 radical (unpaired) electrons. The van der Waals surface area contributed by atoms with Gasteiger partial charge < -0.3 is 5.11 Å². The molecule has 0 bridgehead atoms. The van der Waals surface area contributed by atoms with Crippen molar-refractivity contribution in [3.05, 3.63) is 70.0 Å². The molecule has 1 nitrogen and oxygen atoms in total. The van der Waals surface area contributed by atoms with Gasteiger partial charge in [0.1, 0.15) is 6.10 Å². The van der Waals surface area contributed by atoms with E-state index >= 15 is 0 Å². The Labute approximate surface area is 109 Å². The van der Waals surface area contributed by atoms with E-state index in [0.29, 0.717) is 5.56 Å². The minimum absolute atomic E-state index is 0.276. The molecule has 100 valence electrons. The first kappa shape index (κ1) is 13.6. The lowest BCUT2D eigenvalue weighted by Gasteiger charge is -2.14. The second kappa shape index (κ2) is 5.05. The van der Waals surface area contributed by atoms with E-state index in [9.17, 15) is 18.3 Å². The van der Waals surface area contributed by atoms with Gasteiger partial charge in [0.25, 0.3) is 0 Å². The summed E-state index contributed by atoms with van der Waals surface area (Å²) in [5.41, 5.74) is 2.12. The summed E-state index contributed by atoms with van der Waals surface area (Å²) in [6.07, 6.45) is -1.32. The molecule has 0 saturated carbocycles.